The van der Waals surface area contributed by atoms with E-state index in [1.54, 1.807) is 36.9 Å². The molecule has 1 fully saturated rings. The molecule has 1 amide bonds. The SMILES string of the molecule is COCc1nc(N2CCN(C(=O)c3cccnc3)CC2)c2c(-c3ccccc3)csc2n1. The second-order valence-electron chi connectivity index (χ2n) is 7.61. The first-order valence-corrected chi connectivity index (χ1v) is 11.4. The number of nitrogens with zero attached hydrogens (tertiary/aromatic N) is 5. The van der Waals surface area contributed by atoms with Crippen molar-refractivity contribution in [3.63, 3.8) is 0 Å². The number of hydrogen-bond acceptors (Lipinski definition) is 7. The Morgan fingerprint density at radius 1 is 1.06 bits per heavy atom. The molecule has 7 nitrogen and oxygen atoms in total. The fourth-order valence-corrected chi connectivity index (χ4v) is 4.97. The number of thiophene rings is 1. The van der Waals surface area contributed by atoms with Crippen LogP contribution in [-0.2, 0) is 11.3 Å². The Morgan fingerprint density at radius 3 is 2.59 bits per heavy atom. The molecule has 0 bridgehead atoms. The molecule has 1 saturated heterocycles. The van der Waals surface area contributed by atoms with E-state index in [0.29, 0.717) is 44.2 Å². The van der Waals surface area contributed by atoms with Crippen LogP contribution >= 0.6 is 11.3 Å². The normalized spacial score (nSPS) is 14.2. The van der Waals surface area contributed by atoms with Gasteiger partial charge in [-0.3, -0.25) is 9.78 Å². The highest BCUT2D eigenvalue weighted by molar-refractivity contribution is 7.17. The van der Waals surface area contributed by atoms with Crippen molar-refractivity contribution in [1.82, 2.24) is 19.9 Å². The molecule has 0 saturated carbocycles. The van der Waals surface area contributed by atoms with Gasteiger partial charge in [0.2, 0.25) is 0 Å². The van der Waals surface area contributed by atoms with E-state index < -0.39 is 0 Å². The Labute approximate surface area is 190 Å². The fourth-order valence-electron chi connectivity index (χ4n) is 4.01. The van der Waals surface area contributed by atoms with Crippen molar-refractivity contribution in [2.75, 3.05) is 38.2 Å². The molecule has 0 radical (unpaired) electrons. The van der Waals surface area contributed by atoms with Crippen molar-refractivity contribution < 1.29 is 9.53 Å². The highest BCUT2D eigenvalue weighted by atomic mass is 32.1. The van der Waals surface area contributed by atoms with Crippen LogP contribution in [0.25, 0.3) is 21.3 Å². The van der Waals surface area contributed by atoms with Crippen molar-refractivity contribution in [2.45, 2.75) is 6.61 Å². The predicted octanol–water partition coefficient (Wildman–Crippen LogP) is 3.86. The van der Waals surface area contributed by atoms with Crippen LogP contribution < -0.4 is 4.90 Å². The molecule has 4 aromatic rings. The van der Waals surface area contributed by atoms with Gasteiger partial charge in [-0.2, -0.15) is 0 Å². The van der Waals surface area contributed by atoms with Gasteiger partial charge in [0.1, 0.15) is 17.3 Å². The van der Waals surface area contributed by atoms with E-state index in [4.69, 9.17) is 14.7 Å². The van der Waals surface area contributed by atoms with E-state index in [1.807, 2.05) is 29.2 Å². The number of rotatable bonds is 5. The van der Waals surface area contributed by atoms with E-state index >= 15 is 0 Å². The predicted molar refractivity (Wildman–Crippen MR) is 126 cm³/mol. The molecule has 5 rings (SSSR count). The van der Waals surface area contributed by atoms with Crippen LogP contribution in [0, 0.1) is 0 Å². The summed E-state index contributed by atoms with van der Waals surface area (Å²) in [6.07, 6.45) is 3.30. The number of benzene rings is 1. The molecule has 8 heteroatoms. The van der Waals surface area contributed by atoms with Crippen LogP contribution in [0.5, 0.6) is 0 Å². The van der Waals surface area contributed by atoms with Crippen LogP contribution in [0.4, 0.5) is 5.82 Å². The zero-order chi connectivity index (χ0) is 21.9. The molecule has 4 heterocycles. The van der Waals surface area contributed by atoms with Crippen LogP contribution in [0.2, 0.25) is 0 Å². The lowest BCUT2D eigenvalue weighted by atomic mass is 10.1. The number of carbonyl (C=O) groups excluding carboxylic acids is 1. The van der Waals surface area contributed by atoms with Gasteiger partial charge in [-0.15, -0.1) is 11.3 Å². The van der Waals surface area contributed by atoms with Gasteiger partial charge >= 0.3 is 0 Å². The number of amides is 1. The molecule has 32 heavy (non-hydrogen) atoms. The lowest BCUT2D eigenvalue weighted by molar-refractivity contribution is 0.0746. The number of carbonyl (C=O) groups is 1. The van der Waals surface area contributed by atoms with Gasteiger partial charge in [0.15, 0.2) is 5.82 Å². The molecule has 0 unspecified atom stereocenters. The number of aromatic nitrogens is 3. The molecule has 1 aromatic carbocycles. The van der Waals surface area contributed by atoms with Gasteiger partial charge < -0.3 is 14.5 Å². The summed E-state index contributed by atoms with van der Waals surface area (Å²) in [6, 6.07) is 13.9. The highest BCUT2D eigenvalue weighted by Crippen LogP contribution is 2.38. The van der Waals surface area contributed by atoms with Crippen molar-refractivity contribution in [1.29, 1.82) is 0 Å². The van der Waals surface area contributed by atoms with E-state index in [2.05, 4.69) is 27.4 Å². The summed E-state index contributed by atoms with van der Waals surface area (Å²) in [7, 11) is 1.65. The molecule has 0 aliphatic carbocycles. The summed E-state index contributed by atoms with van der Waals surface area (Å²) in [6.45, 7) is 3.03. The zero-order valence-corrected chi connectivity index (χ0v) is 18.6. The lowest BCUT2D eigenvalue weighted by Gasteiger charge is -2.36. The van der Waals surface area contributed by atoms with Crippen molar-refractivity contribution in [2.24, 2.45) is 0 Å². The minimum absolute atomic E-state index is 0.0196. The van der Waals surface area contributed by atoms with Gasteiger partial charge in [0, 0.05) is 56.6 Å². The highest BCUT2D eigenvalue weighted by Gasteiger charge is 2.26. The minimum atomic E-state index is 0.0196. The third-order valence-electron chi connectivity index (χ3n) is 5.59. The van der Waals surface area contributed by atoms with Crippen molar-refractivity contribution >= 4 is 33.3 Å². The van der Waals surface area contributed by atoms with E-state index in [-0.39, 0.29) is 5.91 Å². The monoisotopic (exact) mass is 445 g/mol. The average Bonchev–Trinajstić information content (AvgIpc) is 3.29. The Bertz CT molecular complexity index is 1220. The molecular formula is C24H23N5O2S. The summed E-state index contributed by atoms with van der Waals surface area (Å²) >= 11 is 1.62. The Balaban J connectivity index is 1.47. The minimum Gasteiger partial charge on any atom is -0.377 e. The maximum absolute atomic E-state index is 12.8. The molecule has 0 spiro atoms. The van der Waals surface area contributed by atoms with Crippen molar-refractivity contribution in [3.05, 3.63) is 71.6 Å². The third-order valence-corrected chi connectivity index (χ3v) is 6.47. The molecule has 3 aromatic heterocycles. The molecule has 162 valence electrons. The maximum atomic E-state index is 12.8. The lowest BCUT2D eigenvalue weighted by Crippen LogP contribution is -2.49. The van der Waals surface area contributed by atoms with E-state index in [0.717, 1.165) is 27.2 Å². The number of piperazine rings is 1. The van der Waals surface area contributed by atoms with Crippen LogP contribution in [-0.4, -0.2) is 59.0 Å². The average molecular weight is 446 g/mol. The van der Waals surface area contributed by atoms with Gasteiger partial charge in [0.05, 0.1) is 10.9 Å². The first-order chi connectivity index (χ1) is 15.7. The van der Waals surface area contributed by atoms with E-state index in [1.165, 1.54) is 0 Å². The largest absolute Gasteiger partial charge is 0.377 e. The molecule has 0 N–H and O–H groups in total. The maximum Gasteiger partial charge on any atom is 0.255 e. The van der Waals surface area contributed by atoms with Gasteiger partial charge in [-0.1, -0.05) is 30.3 Å². The molecule has 0 atom stereocenters. The number of methoxy groups -OCH3 is 1. The number of ether oxygens (including phenoxy) is 1. The number of anilines is 1. The van der Waals surface area contributed by atoms with E-state index in [9.17, 15) is 4.79 Å². The Hall–Kier alpha value is -3.36. The van der Waals surface area contributed by atoms with Crippen LogP contribution in [0.3, 0.4) is 0 Å². The second-order valence-corrected chi connectivity index (χ2v) is 8.47. The van der Waals surface area contributed by atoms with Gasteiger partial charge in [-0.25, -0.2) is 9.97 Å². The second kappa shape index (κ2) is 9.02. The molecule has 1 aliphatic heterocycles. The summed E-state index contributed by atoms with van der Waals surface area (Å²) in [5.41, 5.74) is 2.91. The Morgan fingerprint density at radius 2 is 1.88 bits per heavy atom. The number of hydrogen-bond donors (Lipinski definition) is 0. The first-order valence-electron chi connectivity index (χ1n) is 10.5. The summed E-state index contributed by atoms with van der Waals surface area (Å²) in [4.78, 5) is 31.6. The molecular weight excluding hydrogens is 422 g/mol. The zero-order valence-electron chi connectivity index (χ0n) is 17.8. The summed E-state index contributed by atoms with van der Waals surface area (Å²) in [5.74, 6) is 1.60. The quantitative estimate of drug-likeness (QED) is 0.465. The topological polar surface area (TPSA) is 71.5 Å². The van der Waals surface area contributed by atoms with Gasteiger partial charge in [0.25, 0.3) is 5.91 Å². The van der Waals surface area contributed by atoms with Crippen LogP contribution in [0.15, 0.2) is 60.2 Å². The molecule has 1 aliphatic rings. The third kappa shape index (κ3) is 3.94. The smallest absolute Gasteiger partial charge is 0.255 e. The fraction of sp³-hybridized carbons (Fsp3) is 0.250. The van der Waals surface area contributed by atoms with Crippen molar-refractivity contribution in [3.8, 4) is 11.1 Å². The summed E-state index contributed by atoms with van der Waals surface area (Å²) in [5, 5.41) is 3.21. The first kappa shape index (κ1) is 20.5. The summed E-state index contributed by atoms with van der Waals surface area (Å²) < 4.78 is 5.31. The Kier molecular flexibility index (Phi) is 5.79. The van der Waals surface area contributed by atoms with Crippen LogP contribution in [0.1, 0.15) is 16.2 Å². The standard InChI is InChI=1S/C24H23N5O2S/c1-31-15-20-26-22(21-19(16-32-23(21)27-20)17-6-3-2-4-7-17)28-10-12-29(13-11-28)24(30)18-8-5-9-25-14-18/h2-9,14,16H,10-13,15H2,1H3. The number of pyridine rings is 1. The number of fused-ring (bicyclic) bond motifs is 1. The van der Waals surface area contributed by atoms with Gasteiger partial charge in [-0.05, 0) is 17.7 Å².